The summed E-state index contributed by atoms with van der Waals surface area (Å²) in [7, 11) is 0. The predicted molar refractivity (Wildman–Crippen MR) is 76.5 cm³/mol. The molecule has 0 saturated carbocycles. The van der Waals surface area contributed by atoms with E-state index in [2.05, 4.69) is 4.98 Å². The molecule has 1 aliphatic heterocycles. The monoisotopic (exact) mass is 294 g/mol. The maximum Gasteiger partial charge on any atom is 0.311 e. The number of aromatic nitrogens is 1. The van der Waals surface area contributed by atoms with Gasteiger partial charge in [0.1, 0.15) is 0 Å². The van der Waals surface area contributed by atoms with Crippen LogP contribution in [0, 0.1) is 5.41 Å². The van der Waals surface area contributed by atoms with Crippen molar-refractivity contribution >= 4 is 23.6 Å². The van der Waals surface area contributed by atoms with Gasteiger partial charge in [-0.15, -0.1) is 11.8 Å². The molecule has 2 heterocycles. The third-order valence-corrected chi connectivity index (χ3v) is 4.85. The Balaban J connectivity index is 1.90. The number of carboxylic acids is 1. The number of rotatable bonds is 5. The van der Waals surface area contributed by atoms with Crippen LogP contribution in [-0.2, 0) is 9.59 Å². The average molecular weight is 294 g/mol. The SMILES string of the molecule is CCC1(C(=O)O)CCN(C(=O)CSc2ccncc2)C1. The van der Waals surface area contributed by atoms with Crippen LogP contribution >= 0.6 is 11.8 Å². The van der Waals surface area contributed by atoms with E-state index < -0.39 is 11.4 Å². The van der Waals surface area contributed by atoms with Crippen molar-refractivity contribution in [3.8, 4) is 0 Å². The molecule has 0 aliphatic carbocycles. The zero-order valence-corrected chi connectivity index (χ0v) is 12.2. The molecule has 1 amide bonds. The van der Waals surface area contributed by atoms with Gasteiger partial charge in [-0.1, -0.05) is 6.92 Å². The molecule has 1 saturated heterocycles. The van der Waals surface area contributed by atoms with Crippen molar-refractivity contribution in [2.75, 3.05) is 18.8 Å². The second kappa shape index (κ2) is 6.26. The molecule has 0 bridgehead atoms. The van der Waals surface area contributed by atoms with Gasteiger partial charge in [0.15, 0.2) is 0 Å². The van der Waals surface area contributed by atoms with Crippen LogP contribution in [0.5, 0.6) is 0 Å². The second-order valence-corrected chi connectivity index (χ2v) is 6.02. The number of carboxylic acid groups (broad SMARTS) is 1. The Kier molecular flexibility index (Phi) is 4.65. The average Bonchev–Trinajstić information content (AvgIpc) is 2.92. The lowest BCUT2D eigenvalue weighted by atomic mass is 9.84. The van der Waals surface area contributed by atoms with Crippen LogP contribution in [0.25, 0.3) is 0 Å². The standard InChI is InChI=1S/C14H18N2O3S/c1-2-14(13(18)19)5-8-16(10-14)12(17)9-20-11-3-6-15-7-4-11/h3-4,6-7H,2,5,8-10H2,1H3,(H,18,19). The lowest BCUT2D eigenvalue weighted by Gasteiger charge is -2.23. The number of carbonyl (C=O) groups excluding carboxylic acids is 1. The topological polar surface area (TPSA) is 70.5 Å². The molecule has 1 aromatic heterocycles. The summed E-state index contributed by atoms with van der Waals surface area (Å²) in [4.78, 5) is 30.1. The maximum atomic E-state index is 12.1. The smallest absolute Gasteiger partial charge is 0.311 e. The van der Waals surface area contributed by atoms with Gasteiger partial charge >= 0.3 is 5.97 Å². The maximum absolute atomic E-state index is 12.1. The predicted octanol–water partition coefficient (Wildman–Crippen LogP) is 1.89. The summed E-state index contributed by atoms with van der Waals surface area (Å²) in [6.45, 7) is 2.73. The lowest BCUT2D eigenvalue weighted by molar-refractivity contribution is -0.148. The van der Waals surface area contributed by atoms with Gasteiger partial charge in [0.2, 0.25) is 5.91 Å². The van der Waals surface area contributed by atoms with Crippen molar-refractivity contribution in [3.63, 3.8) is 0 Å². The molecule has 1 aliphatic rings. The molecule has 1 aromatic rings. The fourth-order valence-corrected chi connectivity index (χ4v) is 3.16. The number of hydrogen-bond acceptors (Lipinski definition) is 4. The first-order valence-electron chi connectivity index (χ1n) is 6.61. The van der Waals surface area contributed by atoms with Crippen molar-refractivity contribution in [1.82, 2.24) is 9.88 Å². The minimum Gasteiger partial charge on any atom is -0.481 e. The summed E-state index contributed by atoms with van der Waals surface area (Å²) >= 11 is 1.45. The largest absolute Gasteiger partial charge is 0.481 e. The van der Waals surface area contributed by atoms with Crippen LogP contribution in [0.3, 0.4) is 0 Å². The molecule has 0 spiro atoms. The molecule has 0 radical (unpaired) electrons. The number of nitrogens with zero attached hydrogens (tertiary/aromatic N) is 2. The quantitative estimate of drug-likeness (QED) is 0.840. The molecule has 1 atom stereocenters. The van der Waals surface area contributed by atoms with Gasteiger partial charge in [0, 0.05) is 30.4 Å². The van der Waals surface area contributed by atoms with Gasteiger partial charge in [-0.05, 0) is 25.0 Å². The molecule has 2 rings (SSSR count). The molecular formula is C14H18N2O3S. The van der Waals surface area contributed by atoms with Crippen molar-refractivity contribution < 1.29 is 14.7 Å². The molecule has 0 aromatic carbocycles. The van der Waals surface area contributed by atoms with Crippen molar-refractivity contribution in [3.05, 3.63) is 24.5 Å². The number of hydrogen-bond donors (Lipinski definition) is 1. The highest BCUT2D eigenvalue weighted by Crippen LogP contribution is 2.34. The summed E-state index contributed by atoms with van der Waals surface area (Å²) in [5.74, 6) is -0.454. The molecular weight excluding hydrogens is 276 g/mol. The highest BCUT2D eigenvalue weighted by atomic mass is 32.2. The number of carbonyl (C=O) groups is 2. The van der Waals surface area contributed by atoms with Gasteiger partial charge in [-0.3, -0.25) is 14.6 Å². The Labute approximate surface area is 122 Å². The number of amides is 1. The summed E-state index contributed by atoms with van der Waals surface area (Å²) < 4.78 is 0. The molecule has 1 unspecified atom stereocenters. The summed E-state index contributed by atoms with van der Waals surface area (Å²) in [6.07, 6.45) is 4.48. The molecule has 108 valence electrons. The van der Waals surface area contributed by atoms with Crippen LogP contribution in [-0.4, -0.2) is 45.7 Å². The Morgan fingerprint density at radius 1 is 1.45 bits per heavy atom. The molecule has 1 fully saturated rings. The Bertz CT molecular complexity index is 494. The molecule has 20 heavy (non-hydrogen) atoms. The number of likely N-dealkylation sites (tertiary alicyclic amines) is 1. The van der Waals surface area contributed by atoms with Crippen molar-refractivity contribution in [1.29, 1.82) is 0 Å². The molecule has 6 heteroatoms. The van der Waals surface area contributed by atoms with Crippen LogP contribution in [0.15, 0.2) is 29.4 Å². The van der Waals surface area contributed by atoms with Crippen LogP contribution in [0.4, 0.5) is 0 Å². The number of aliphatic carboxylic acids is 1. The molecule has 1 N–H and O–H groups in total. The van der Waals surface area contributed by atoms with E-state index in [0.717, 1.165) is 4.90 Å². The zero-order valence-electron chi connectivity index (χ0n) is 11.4. The summed E-state index contributed by atoms with van der Waals surface area (Å²) in [5.41, 5.74) is -0.753. The summed E-state index contributed by atoms with van der Waals surface area (Å²) in [6, 6.07) is 3.71. The first-order valence-corrected chi connectivity index (χ1v) is 7.60. The Morgan fingerprint density at radius 3 is 2.70 bits per heavy atom. The van der Waals surface area contributed by atoms with E-state index in [1.54, 1.807) is 17.3 Å². The van der Waals surface area contributed by atoms with E-state index in [-0.39, 0.29) is 5.91 Å². The van der Waals surface area contributed by atoms with Crippen LogP contribution in [0.2, 0.25) is 0 Å². The molecule has 5 nitrogen and oxygen atoms in total. The van der Waals surface area contributed by atoms with Gasteiger partial charge < -0.3 is 10.0 Å². The van der Waals surface area contributed by atoms with Crippen LogP contribution in [0.1, 0.15) is 19.8 Å². The van der Waals surface area contributed by atoms with E-state index >= 15 is 0 Å². The van der Waals surface area contributed by atoms with E-state index in [9.17, 15) is 14.7 Å². The third kappa shape index (κ3) is 3.12. The highest BCUT2D eigenvalue weighted by molar-refractivity contribution is 8.00. The summed E-state index contributed by atoms with van der Waals surface area (Å²) in [5, 5.41) is 9.32. The second-order valence-electron chi connectivity index (χ2n) is 4.98. The Hall–Kier alpha value is -1.56. The highest BCUT2D eigenvalue weighted by Gasteiger charge is 2.44. The zero-order chi connectivity index (χ0) is 14.6. The van der Waals surface area contributed by atoms with Crippen molar-refractivity contribution in [2.24, 2.45) is 5.41 Å². The van der Waals surface area contributed by atoms with E-state index in [0.29, 0.717) is 31.7 Å². The van der Waals surface area contributed by atoms with Gasteiger partial charge in [-0.25, -0.2) is 0 Å². The first kappa shape index (κ1) is 14.8. The van der Waals surface area contributed by atoms with E-state index in [4.69, 9.17) is 0 Å². The lowest BCUT2D eigenvalue weighted by Crippen LogP contribution is -2.37. The van der Waals surface area contributed by atoms with Crippen molar-refractivity contribution in [2.45, 2.75) is 24.7 Å². The van der Waals surface area contributed by atoms with Gasteiger partial charge in [0.25, 0.3) is 0 Å². The fraction of sp³-hybridized carbons (Fsp3) is 0.500. The number of pyridine rings is 1. The minimum atomic E-state index is -0.794. The normalized spacial score (nSPS) is 21.9. The number of thioether (sulfide) groups is 1. The van der Waals surface area contributed by atoms with Crippen LogP contribution < -0.4 is 0 Å². The van der Waals surface area contributed by atoms with E-state index in [1.165, 1.54) is 11.8 Å². The minimum absolute atomic E-state index is 0.00314. The van der Waals surface area contributed by atoms with Gasteiger partial charge in [-0.2, -0.15) is 0 Å². The Morgan fingerprint density at radius 2 is 2.15 bits per heavy atom. The van der Waals surface area contributed by atoms with Gasteiger partial charge in [0.05, 0.1) is 11.2 Å². The van der Waals surface area contributed by atoms with E-state index in [1.807, 2.05) is 19.1 Å². The third-order valence-electron chi connectivity index (χ3n) is 3.85. The first-order chi connectivity index (χ1) is 9.57. The fourth-order valence-electron chi connectivity index (χ4n) is 2.37.